The minimum absolute atomic E-state index is 0.0163. The number of hydrogen-bond acceptors (Lipinski definition) is 4. The van der Waals surface area contributed by atoms with Crippen molar-refractivity contribution in [2.75, 3.05) is 0 Å². The fourth-order valence-corrected chi connectivity index (χ4v) is 6.05. The molecule has 0 N–H and O–H groups in total. The maximum Gasteiger partial charge on any atom is 0.143 e. The molecule has 0 heterocycles. The zero-order chi connectivity index (χ0) is 25.1. The first kappa shape index (κ1) is 28.4. The predicted octanol–water partition coefficient (Wildman–Crippen LogP) is 7.15. The van der Waals surface area contributed by atoms with Crippen LogP contribution in [0.15, 0.2) is 23.3 Å². The van der Waals surface area contributed by atoms with Crippen LogP contribution in [0, 0.1) is 23.7 Å². The molecule has 1 saturated carbocycles. The number of Topliss-reactive ketones (excluding diaryl/α,β-unsaturated/α-hetero) is 4. The summed E-state index contributed by atoms with van der Waals surface area (Å²) in [6, 6.07) is 0. The van der Waals surface area contributed by atoms with Gasteiger partial charge in [-0.2, -0.15) is 0 Å². The van der Waals surface area contributed by atoms with Crippen LogP contribution in [0.2, 0.25) is 0 Å². The normalized spacial score (nSPS) is 25.1. The highest BCUT2D eigenvalue weighted by molar-refractivity contribution is 5.99. The number of carbonyl (C=O) groups is 4. The van der Waals surface area contributed by atoms with Crippen molar-refractivity contribution in [3.63, 3.8) is 0 Å². The van der Waals surface area contributed by atoms with Gasteiger partial charge in [0.2, 0.25) is 0 Å². The van der Waals surface area contributed by atoms with E-state index in [9.17, 15) is 19.2 Å². The van der Waals surface area contributed by atoms with Crippen LogP contribution in [0.25, 0.3) is 0 Å². The van der Waals surface area contributed by atoms with Gasteiger partial charge in [0, 0.05) is 31.1 Å². The SMILES string of the molecule is CCCC(CC1CC/C(CC(=O)C2CCCC2)=C\C=C(\C)CC(=O)C1)C(CC)C(=O)CC(C)=O. The molecule has 0 radical (unpaired) electrons. The average molecular weight is 471 g/mol. The van der Waals surface area contributed by atoms with Gasteiger partial charge in [-0.25, -0.2) is 0 Å². The van der Waals surface area contributed by atoms with Gasteiger partial charge in [-0.1, -0.05) is 62.8 Å². The summed E-state index contributed by atoms with van der Waals surface area (Å²) in [4.78, 5) is 50.1. The molecule has 0 saturated heterocycles. The van der Waals surface area contributed by atoms with Crippen LogP contribution in [0.5, 0.6) is 0 Å². The van der Waals surface area contributed by atoms with E-state index in [4.69, 9.17) is 0 Å². The summed E-state index contributed by atoms with van der Waals surface area (Å²) in [6.07, 6.45) is 15.3. The van der Waals surface area contributed by atoms with Gasteiger partial charge < -0.3 is 0 Å². The summed E-state index contributed by atoms with van der Waals surface area (Å²) < 4.78 is 0. The Bertz CT molecular complexity index is 782. The molecule has 0 aromatic heterocycles. The van der Waals surface area contributed by atoms with Gasteiger partial charge in [-0.05, 0) is 64.2 Å². The zero-order valence-corrected chi connectivity index (χ0v) is 22.0. The first-order valence-corrected chi connectivity index (χ1v) is 13.6. The first-order chi connectivity index (χ1) is 16.2. The van der Waals surface area contributed by atoms with Crippen LogP contribution in [-0.4, -0.2) is 23.1 Å². The Morgan fingerprint density at radius 1 is 1.06 bits per heavy atom. The van der Waals surface area contributed by atoms with Crippen LogP contribution >= 0.6 is 0 Å². The molecule has 0 amide bonds. The van der Waals surface area contributed by atoms with E-state index in [0.717, 1.165) is 56.9 Å². The van der Waals surface area contributed by atoms with Gasteiger partial charge in [0.05, 0.1) is 6.42 Å². The second-order valence-corrected chi connectivity index (χ2v) is 10.9. The number of rotatable bonds is 12. The fourth-order valence-electron chi connectivity index (χ4n) is 6.05. The molecule has 0 bridgehead atoms. The lowest BCUT2D eigenvalue weighted by Gasteiger charge is -2.29. The van der Waals surface area contributed by atoms with Crippen molar-refractivity contribution in [3.05, 3.63) is 23.3 Å². The number of ketones is 4. The molecule has 4 heteroatoms. The van der Waals surface area contributed by atoms with Gasteiger partial charge in [0.1, 0.15) is 23.1 Å². The molecule has 0 aromatic rings. The molecule has 34 heavy (non-hydrogen) atoms. The molecule has 2 aliphatic rings. The second kappa shape index (κ2) is 14.5. The number of hydrogen-bond donors (Lipinski definition) is 0. The zero-order valence-electron chi connectivity index (χ0n) is 22.0. The quantitative estimate of drug-likeness (QED) is 0.284. The Hall–Kier alpha value is -1.84. The molecule has 2 rings (SSSR count). The van der Waals surface area contributed by atoms with E-state index in [-0.39, 0.29) is 47.4 Å². The summed E-state index contributed by atoms with van der Waals surface area (Å²) in [7, 11) is 0. The number of carbonyl (C=O) groups excluding carboxylic acids is 4. The summed E-state index contributed by atoms with van der Waals surface area (Å²) >= 11 is 0. The van der Waals surface area contributed by atoms with E-state index in [2.05, 4.69) is 13.0 Å². The summed E-state index contributed by atoms with van der Waals surface area (Å²) in [6.45, 7) is 7.65. The highest BCUT2D eigenvalue weighted by Crippen LogP contribution is 2.35. The van der Waals surface area contributed by atoms with Crippen molar-refractivity contribution in [3.8, 4) is 0 Å². The molecule has 2 aliphatic carbocycles. The predicted molar refractivity (Wildman–Crippen MR) is 137 cm³/mol. The Kier molecular flexibility index (Phi) is 12.1. The van der Waals surface area contributed by atoms with E-state index in [1.807, 2.05) is 19.9 Å². The minimum Gasteiger partial charge on any atom is -0.300 e. The molecule has 4 nitrogen and oxygen atoms in total. The van der Waals surface area contributed by atoms with Crippen molar-refractivity contribution in [1.82, 2.24) is 0 Å². The van der Waals surface area contributed by atoms with Crippen molar-refractivity contribution >= 4 is 23.1 Å². The van der Waals surface area contributed by atoms with Crippen LogP contribution in [0.4, 0.5) is 0 Å². The Balaban J connectivity index is 2.16. The average Bonchev–Trinajstić information content (AvgIpc) is 3.30. The molecule has 0 spiro atoms. The molecule has 1 fully saturated rings. The van der Waals surface area contributed by atoms with Crippen molar-refractivity contribution < 1.29 is 19.2 Å². The summed E-state index contributed by atoms with van der Waals surface area (Å²) in [5, 5.41) is 0. The maximum absolute atomic E-state index is 12.9. The molecule has 0 aliphatic heterocycles. The van der Waals surface area contributed by atoms with Crippen LogP contribution in [-0.2, 0) is 19.2 Å². The molecule has 0 aromatic carbocycles. The summed E-state index contributed by atoms with van der Waals surface area (Å²) in [5.74, 6) is 1.14. The third-order valence-electron chi connectivity index (χ3n) is 7.82. The van der Waals surface area contributed by atoms with Crippen molar-refractivity contribution in [1.29, 1.82) is 0 Å². The molecular weight excluding hydrogens is 424 g/mol. The minimum atomic E-state index is -0.116. The van der Waals surface area contributed by atoms with E-state index in [0.29, 0.717) is 25.0 Å². The Morgan fingerprint density at radius 2 is 1.76 bits per heavy atom. The fraction of sp³-hybridized carbons (Fsp3) is 0.733. The van der Waals surface area contributed by atoms with Gasteiger partial charge in [-0.15, -0.1) is 0 Å². The third kappa shape index (κ3) is 9.43. The van der Waals surface area contributed by atoms with Gasteiger partial charge in [0.25, 0.3) is 0 Å². The monoisotopic (exact) mass is 470 g/mol. The smallest absolute Gasteiger partial charge is 0.143 e. The second-order valence-electron chi connectivity index (χ2n) is 10.9. The molecule has 3 atom stereocenters. The lowest BCUT2D eigenvalue weighted by atomic mass is 9.74. The van der Waals surface area contributed by atoms with Crippen LogP contribution < -0.4 is 0 Å². The molecule has 190 valence electrons. The third-order valence-corrected chi connectivity index (χ3v) is 7.82. The van der Waals surface area contributed by atoms with E-state index in [1.54, 1.807) is 0 Å². The number of allylic oxidation sites excluding steroid dienone is 4. The standard InChI is InChI=1S/C30H46O4/c1-5-9-26(28(6-2)30(34)17-22(4)31)18-24-15-14-23(13-12-21(3)16-27(32)19-24)20-29(33)25-10-7-8-11-25/h12-13,24-26,28H,5-11,14-20H2,1-4H3/b21-12-,23-13+. The summed E-state index contributed by atoms with van der Waals surface area (Å²) in [5.41, 5.74) is 2.23. The van der Waals surface area contributed by atoms with Gasteiger partial charge in [0.15, 0.2) is 0 Å². The molecule has 3 unspecified atom stereocenters. The topological polar surface area (TPSA) is 68.3 Å². The van der Waals surface area contributed by atoms with Crippen LogP contribution in [0.1, 0.15) is 118 Å². The lowest BCUT2D eigenvalue weighted by molar-refractivity contribution is -0.130. The first-order valence-electron chi connectivity index (χ1n) is 13.6. The van der Waals surface area contributed by atoms with E-state index in [1.165, 1.54) is 25.3 Å². The van der Waals surface area contributed by atoms with Crippen molar-refractivity contribution in [2.24, 2.45) is 23.7 Å². The van der Waals surface area contributed by atoms with E-state index >= 15 is 0 Å². The van der Waals surface area contributed by atoms with E-state index < -0.39 is 0 Å². The largest absolute Gasteiger partial charge is 0.300 e. The van der Waals surface area contributed by atoms with Gasteiger partial charge in [-0.3, -0.25) is 19.2 Å². The Labute approximate surface area is 207 Å². The highest BCUT2D eigenvalue weighted by Gasteiger charge is 2.30. The lowest BCUT2D eigenvalue weighted by Crippen LogP contribution is -2.27. The maximum atomic E-state index is 12.9. The molecular formula is C30H46O4. The highest BCUT2D eigenvalue weighted by atomic mass is 16.1. The Morgan fingerprint density at radius 3 is 2.38 bits per heavy atom. The van der Waals surface area contributed by atoms with Crippen LogP contribution in [0.3, 0.4) is 0 Å². The van der Waals surface area contributed by atoms with Crippen molar-refractivity contribution in [2.45, 2.75) is 118 Å². The van der Waals surface area contributed by atoms with Gasteiger partial charge >= 0.3 is 0 Å².